The van der Waals surface area contributed by atoms with Gasteiger partial charge in [0.1, 0.15) is 42.2 Å². The van der Waals surface area contributed by atoms with E-state index in [-0.39, 0.29) is 43.2 Å². The molecule has 2 fully saturated rings. The molecular formula is C70H69N5O10S2. The predicted molar refractivity (Wildman–Crippen MR) is 335 cm³/mol. The molecule has 5 aliphatic heterocycles. The van der Waals surface area contributed by atoms with Crippen LogP contribution in [0.25, 0.3) is 22.3 Å². The first-order valence-corrected chi connectivity index (χ1v) is 32.1. The van der Waals surface area contributed by atoms with Crippen LogP contribution < -0.4 is 34.7 Å². The number of alkyl carbamates (subject to hydrolysis) is 1. The van der Waals surface area contributed by atoms with Crippen LogP contribution in [0.5, 0.6) is 28.7 Å². The minimum atomic E-state index is -1.19. The van der Waals surface area contributed by atoms with Crippen molar-refractivity contribution in [3.8, 4) is 57.1 Å². The van der Waals surface area contributed by atoms with Gasteiger partial charge >= 0.3 is 18.0 Å². The number of nitriles is 1. The van der Waals surface area contributed by atoms with Gasteiger partial charge in [-0.15, -0.1) is 0 Å². The Bertz CT molecular complexity index is 3880. The molecule has 1 saturated heterocycles. The second-order valence-electron chi connectivity index (χ2n) is 25.0. The van der Waals surface area contributed by atoms with Gasteiger partial charge in [0.2, 0.25) is 6.79 Å². The van der Waals surface area contributed by atoms with Gasteiger partial charge in [-0.1, -0.05) is 110 Å². The smallest absolute Gasteiger partial charge is 0.408 e. The number of hydrogen-bond donors (Lipinski definition) is 2. The van der Waals surface area contributed by atoms with Crippen molar-refractivity contribution in [1.29, 1.82) is 5.26 Å². The van der Waals surface area contributed by atoms with Crippen molar-refractivity contribution in [3.05, 3.63) is 183 Å². The third-order valence-electron chi connectivity index (χ3n) is 18.8. The summed E-state index contributed by atoms with van der Waals surface area (Å²) >= 11 is 3.18. The van der Waals surface area contributed by atoms with Crippen molar-refractivity contribution >= 4 is 41.6 Å². The highest BCUT2D eigenvalue weighted by Gasteiger charge is 2.75. The quantitative estimate of drug-likeness (QED) is 0.0499. The molecule has 3 aliphatic carbocycles. The number of carbonyl (C=O) groups is 3. The van der Waals surface area contributed by atoms with Gasteiger partial charge in [0.25, 0.3) is 0 Å². The maximum atomic E-state index is 15.3. The van der Waals surface area contributed by atoms with Gasteiger partial charge < -0.3 is 49.1 Å². The number of rotatable bonds is 17. The number of ether oxygens (including phenoxy) is 7. The number of aryl methyl sites for hydroxylation is 1. The molecule has 6 aromatic carbocycles. The van der Waals surface area contributed by atoms with Gasteiger partial charge in [0.05, 0.1) is 30.3 Å². The van der Waals surface area contributed by atoms with E-state index < -0.39 is 71.0 Å². The minimum absolute atomic E-state index is 0.0570. The van der Waals surface area contributed by atoms with Gasteiger partial charge in [0.15, 0.2) is 23.0 Å². The number of benzene rings is 6. The van der Waals surface area contributed by atoms with Crippen molar-refractivity contribution in [2.24, 2.45) is 5.73 Å². The van der Waals surface area contributed by atoms with Crippen molar-refractivity contribution in [2.45, 2.75) is 119 Å². The summed E-state index contributed by atoms with van der Waals surface area (Å²) < 4.78 is 44.9. The second kappa shape index (κ2) is 21.5. The summed E-state index contributed by atoms with van der Waals surface area (Å²) in [6.07, 6.45) is 2.81. The number of amides is 1. The van der Waals surface area contributed by atoms with Crippen LogP contribution in [0.1, 0.15) is 108 Å². The van der Waals surface area contributed by atoms with Crippen LogP contribution in [-0.2, 0) is 36.6 Å². The van der Waals surface area contributed by atoms with E-state index in [0.29, 0.717) is 46.5 Å². The molecular weight excluding hydrogens is 1130 g/mol. The maximum absolute atomic E-state index is 15.3. The summed E-state index contributed by atoms with van der Waals surface area (Å²) in [6, 6.07) is 34.6. The van der Waals surface area contributed by atoms with Crippen LogP contribution in [0, 0.1) is 25.2 Å². The molecule has 5 heterocycles. The van der Waals surface area contributed by atoms with Gasteiger partial charge in [0, 0.05) is 75.3 Å². The number of nitrogens with two attached hydrogens (primary N) is 1. The average Bonchev–Trinajstić information content (AvgIpc) is 1.49. The van der Waals surface area contributed by atoms with E-state index in [1.165, 1.54) is 44.5 Å². The number of thioether (sulfide) groups is 2. The Kier molecular flexibility index (Phi) is 14.0. The zero-order chi connectivity index (χ0) is 60.4. The van der Waals surface area contributed by atoms with Gasteiger partial charge in [-0.25, -0.2) is 14.4 Å². The minimum Gasteiger partial charge on any atom is -0.493 e. The lowest BCUT2D eigenvalue weighted by Gasteiger charge is -2.61. The van der Waals surface area contributed by atoms with Gasteiger partial charge in [-0.05, 0) is 116 Å². The van der Waals surface area contributed by atoms with Crippen molar-refractivity contribution in [3.63, 3.8) is 0 Å². The normalized spacial score (nSPS) is 23.4. The Labute approximate surface area is 515 Å². The van der Waals surface area contributed by atoms with Crippen LogP contribution in [0.15, 0.2) is 128 Å². The standard InChI is InChI=1S/C70H69N5O10S2/c1-9-26-80-61-38(3)62-64(82-36-81-62)58-47(61)28-53-59-57-50(27-37(2)60(79-8)63(57)84-65(76)51(72)34-86-32-48-43-22-14-10-18-39(43)40-19-11-15-23-44(40)48)69(7)29-54(75(59)69)55(31-71)74(53)70(58)30-56(70)83-66(77)52(73-67(78)85-68(4,5)6)35-87-33-49-45-24-16-12-20-41(45)42-21-13-17-25-46(42)49/h9-25,27,29,48-49,51-53,55-56,59H,1,26,28,30,32-36,72H2,2-8H3,(H,73,78)/t51-,52-,53-,55-,56?,59-,69+,70?/m0/s1. The summed E-state index contributed by atoms with van der Waals surface area (Å²) in [5.74, 6) is 3.10. The van der Waals surface area contributed by atoms with Crippen molar-refractivity contribution in [2.75, 3.05) is 43.5 Å². The molecule has 8 atom stereocenters. The van der Waals surface area contributed by atoms with Crippen LogP contribution in [-0.4, -0.2) is 107 Å². The van der Waals surface area contributed by atoms with Crippen molar-refractivity contribution < 1.29 is 47.5 Å². The largest absolute Gasteiger partial charge is 0.493 e. The zero-order valence-corrected chi connectivity index (χ0v) is 51.4. The van der Waals surface area contributed by atoms with Crippen LogP contribution in [0.2, 0.25) is 0 Å². The highest BCUT2D eigenvalue weighted by Crippen LogP contribution is 2.72. The predicted octanol–water partition coefficient (Wildman–Crippen LogP) is 11.6. The highest BCUT2D eigenvalue weighted by molar-refractivity contribution is 7.99. The average molecular weight is 1200 g/mol. The maximum Gasteiger partial charge on any atom is 0.408 e. The molecule has 8 aliphatic rings. The second-order valence-corrected chi connectivity index (χ2v) is 27.2. The lowest BCUT2D eigenvalue weighted by atomic mass is 9.75. The van der Waals surface area contributed by atoms with E-state index in [4.69, 9.17) is 38.9 Å². The van der Waals surface area contributed by atoms with E-state index in [0.717, 1.165) is 39.3 Å². The molecule has 0 bridgehead atoms. The molecule has 446 valence electrons. The summed E-state index contributed by atoms with van der Waals surface area (Å²) in [7, 11) is 1.58. The van der Waals surface area contributed by atoms with Crippen molar-refractivity contribution in [1.82, 2.24) is 15.1 Å². The first-order valence-electron chi connectivity index (χ1n) is 29.8. The lowest BCUT2D eigenvalue weighted by Crippen LogP contribution is -2.68. The lowest BCUT2D eigenvalue weighted by molar-refractivity contribution is -0.150. The number of fused-ring (bicyclic) bond motifs is 16. The van der Waals surface area contributed by atoms with Gasteiger partial charge in [-0.2, -0.15) is 28.8 Å². The van der Waals surface area contributed by atoms with E-state index >= 15 is 4.79 Å². The molecule has 2 unspecified atom stereocenters. The number of nitrogens with zero attached hydrogens (tertiary/aromatic N) is 3. The first-order chi connectivity index (χ1) is 42.0. The molecule has 1 amide bonds. The Hall–Kier alpha value is -7.88. The van der Waals surface area contributed by atoms with E-state index in [1.54, 1.807) is 57.5 Å². The first kappa shape index (κ1) is 56.9. The Morgan fingerprint density at radius 1 is 0.851 bits per heavy atom. The number of methoxy groups -OCH3 is 1. The third kappa shape index (κ3) is 8.93. The molecule has 1 saturated carbocycles. The number of hydrogen-bond acceptors (Lipinski definition) is 16. The Balaban J connectivity index is 0.812. The molecule has 6 aromatic rings. The number of nitrogens with one attached hydrogen (secondary N) is 1. The zero-order valence-electron chi connectivity index (χ0n) is 49.8. The molecule has 17 heteroatoms. The summed E-state index contributed by atoms with van der Waals surface area (Å²) in [6.45, 7) is 15.5. The summed E-state index contributed by atoms with van der Waals surface area (Å²) in [5, 5.41) is 14.6. The van der Waals surface area contributed by atoms with Crippen LogP contribution in [0.4, 0.5) is 4.79 Å². The topological polar surface area (TPSA) is 184 Å². The fourth-order valence-electron chi connectivity index (χ4n) is 15.3. The molecule has 15 nitrogen and oxygen atoms in total. The Morgan fingerprint density at radius 2 is 1.44 bits per heavy atom. The third-order valence-corrected chi connectivity index (χ3v) is 21.1. The number of esters is 2. The fraction of sp³-hybridized carbons (Fsp3) is 0.371. The van der Waals surface area contributed by atoms with Gasteiger partial charge in [-0.3, -0.25) is 4.90 Å². The Morgan fingerprint density at radius 3 is 2.01 bits per heavy atom. The van der Waals surface area contributed by atoms with E-state index in [1.807, 2.05) is 13.8 Å². The molecule has 0 radical (unpaired) electrons. The number of piperazine rings is 1. The summed E-state index contributed by atoms with van der Waals surface area (Å²) in [4.78, 5) is 48.3. The van der Waals surface area contributed by atoms with Crippen LogP contribution in [0.3, 0.4) is 0 Å². The monoisotopic (exact) mass is 1200 g/mol. The van der Waals surface area contributed by atoms with E-state index in [2.05, 4.69) is 144 Å². The molecule has 1 spiro atoms. The fourth-order valence-corrected chi connectivity index (χ4v) is 17.6. The van der Waals surface area contributed by atoms with E-state index in [9.17, 15) is 14.9 Å². The molecule has 0 aromatic heterocycles. The highest BCUT2D eigenvalue weighted by atomic mass is 32.2. The number of carbonyl (C=O) groups excluding carboxylic acids is 3. The van der Waals surface area contributed by atoms with Crippen LogP contribution >= 0.6 is 23.5 Å². The summed E-state index contributed by atoms with van der Waals surface area (Å²) in [5.41, 5.74) is 19.4. The molecule has 87 heavy (non-hydrogen) atoms. The molecule has 14 rings (SSSR count). The SMILES string of the molecule is C=CCOc1c(C)c2c(c3c1C[C@H]1[C@H]4c5c(cc(C)c(OC)c5OC(=O)[C@@H](N)CSCC5c6ccccc6-c6ccccc65)[C@@]5(C)C=C([C@H](C#N)N1C31CC1OC(=O)[C@H](CSCC1c3ccccc3-c3ccccc31)NC(=O)OC(C)(C)C)N45)OCO2. The molecule has 3 N–H and O–H groups in total.